The second kappa shape index (κ2) is 6.58. The van der Waals surface area contributed by atoms with Crippen LogP contribution in [0.2, 0.25) is 0 Å². The highest BCUT2D eigenvalue weighted by molar-refractivity contribution is 8.00. The third-order valence-corrected chi connectivity index (χ3v) is 5.31. The molecule has 0 amide bonds. The molecule has 0 heterocycles. The molecule has 1 nitrogen and oxygen atoms in total. The Hall–Kier alpha value is -0.540. The van der Waals surface area contributed by atoms with Gasteiger partial charge in [-0.2, -0.15) is 11.8 Å². The summed E-state index contributed by atoms with van der Waals surface area (Å²) in [6, 6.07) is 6.77. The molecule has 3 heteroatoms. The standard InChI is InChI=1S/C15H22FNS/c1-18-15(9-3-2-4-10-15)12-17-11-13-5-7-14(16)8-6-13/h5-8,17H,2-4,9-12H2,1H3. The van der Waals surface area contributed by atoms with Crippen molar-refractivity contribution in [3.05, 3.63) is 35.6 Å². The summed E-state index contributed by atoms with van der Waals surface area (Å²) in [4.78, 5) is 0. The maximum absolute atomic E-state index is 12.8. The normalized spacial score (nSPS) is 18.8. The molecule has 0 spiro atoms. The zero-order valence-corrected chi connectivity index (χ0v) is 11.9. The first kappa shape index (κ1) is 13.9. The fourth-order valence-electron chi connectivity index (χ4n) is 2.69. The summed E-state index contributed by atoms with van der Waals surface area (Å²) in [6.45, 7) is 1.90. The molecule has 0 radical (unpaired) electrons. The molecule has 0 saturated heterocycles. The number of rotatable bonds is 5. The van der Waals surface area contributed by atoms with E-state index in [0.717, 1.165) is 18.7 Å². The van der Waals surface area contributed by atoms with Crippen molar-refractivity contribution >= 4 is 11.8 Å². The Morgan fingerprint density at radius 1 is 1.17 bits per heavy atom. The van der Waals surface area contributed by atoms with Crippen molar-refractivity contribution in [3.8, 4) is 0 Å². The van der Waals surface area contributed by atoms with E-state index in [9.17, 15) is 4.39 Å². The summed E-state index contributed by atoms with van der Waals surface area (Å²) >= 11 is 2.01. The largest absolute Gasteiger partial charge is 0.311 e. The zero-order chi connectivity index (χ0) is 12.8. The van der Waals surface area contributed by atoms with Gasteiger partial charge in [-0.15, -0.1) is 0 Å². The van der Waals surface area contributed by atoms with Crippen LogP contribution in [0.5, 0.6) is 0 Å². The SMILES string of the molecule is CSC1(CNCc2ccc(F)cc2)CCCCC1. The van der Waals surface area contributed by atoms with E-state index < -0.39 is 0 Å². The van der Waals surface area contributed by atoms with Crippen LogP contribution in [0, 0.1) is 5.82 Å². The predicted molar refractivity (Wildman–Crippen MR) is 77.4 cm³/mol. The molecular weight excluding hydrogens is 245 g/mol. The molecule has 1 aromatic rings. The van der Waals surface area contributed by atoms with Crippen LogP contribution in [0.3, 0.4) is 0 Å². The first-order valence-corrected chi connectivity index (χ1v) is 7.97. The van der Waals surface area contributed by atoms with Crippen molar-refractivity contribution in [2.75, 3.05) is 12.8 Å². The first-order chi connectivity index (χ1) is 8.74. The Bertz CT molecular complexity index is 357. The lowest BCUT2D eigenvalue weighted by molar-refractivity contribution is 0.379. The fraction of sp³-hybridized carbons (Fsp3) is 0.600. The smallest absolute Gasteiger partial charge is 0.123 e. The van der Waals surface area contributed by atoms with Gasteiger partial charge in [0.15, 0.2) is 0 Å². The van der Waals surface area contributed by atoms with E-state index in [4.69, 9.17) is 0 Å². The molecule has 0 aromatic heterocycles. The molecule has 1 aliphatic carbocycles. The van der Waals surface area contributed by atoms with Gasteiger partial charge in [0.25, 0.3) is 0 Å². The number of halogens is 1. The van der Waals surface area contributed by atoms with E-state index in [1.165, 1.54) is 44.2 Å². The maximum atomic E-state index is 12.8. The molecule has 1 aromatic carbocycles. The molecule has 2 rings (SSSR count). The van der Waals surface area contributed by atoms with Crippen molar-refractivity contribution in [2.45, 2.75) is 43.4 Å². The Balaban J connectivity index is 1.81. The van der Waals surface area contributed by atoms with Gasteiger partial charge in [-0.25, -0.2) is 4.39 Å². The van der Waals surface area contributed by atoms with Gasteiger partial charge in [-0.3, -0.25) is 0 Å². The lowest BCUT2D eigenvalue weighted by Crippen LogP contribution is -2.39. The van der Waals surface area contributed by atoms with Gasteiger partial charge in [-0.1, -0.05) is 31.4 Å². The molecule has 1 aliphatic rings. The number of nitrogens with one attached hydrogen (secondary N) is 1. The van der Waals surface area contributed by atoms with Gasteiger partial charge < -0.3 is 5.32 Å². The number of benzene rings is 1. The van der Waals surface area contributed by atoms with Crippen LogP contribution in [-0.4, -0.2) is 17.5 Å². The maximum Gasteiger partial charge on any atom is 0.123 e. The minimum atomic E-state index is -0.161. The molecular formula is C15H22FNS. The molecule has 0 unspecified atom stereocenters. The van der Waals surface area contributed by atoms with Gasteiger partial charge >= 0.3 is 0 Å². The highest BCUT2D eigenvalue weighted by Crippen LogP contribution is 2.37. The second-order valence-electron chi connectivity index (χ2n) is 5.18. The topological polar surface area (TPSA) is 12.0 Å². The quantitative estimate of drug-likeness (QED) is 0.866. The van der Waals surface area contributed by atoms with Crippen LogP contribution < -0.4 is 5.32 Å². The minimum Gasteiger partial charge on any atom is -0.311 e. The van der Waals surface area contributed by atoms with Crippen molar-refractivity contribution in [1.29, 1.82) is 0 Å². The third-order valence-electron chi connectivity index (χ3n) is 3.89. The van der Waals surface area contributed by atoms with Crippen molar-refractivity contribution in [1.82, 2.24) is 5.32 Å². The van der Waals surface area contributed by atoms with E-state index in [0.29, 0.717) is 4.75 Å². The second-order valence-corrected chi connectivity index (χ2v) is 6.45. The Kier molecular flexibility index (Phi) is 5.07. The summed E-state index contributed by atoms with van der Waals surface area (Å²) in [5.41, 5.74) is 1.16. The van der Waals surface area contributed by atoms with Crippen LogP contribution in [0.1, 0.15) is 37.7 Å². The number of hydrogen-bond donors (Lipinski definition) is 1. The Morgan fingerprint density at radius 3 is 2.44 bits per heavy atom. The lowest BCUT2D eigenvalue weighted by atomic mass is 9.88. The molecule has 18 heavy (non-hydrogen) atoms. The van der Waals surface area contributed by atoms with Crippen LogP contribution in [0.15, 0.2) is 24.3 Å². The van der Waals surface area contributed by atoms with E-state index in [1.54, 1.807) is 0 Å². The Morgan fingerprint density at radius 2 is 1.83 bits per heavy atom. The molecule has 0 aliphatic heterocycles. The van der Waals surface area contributed by atoms with Crippen molar-refractivity contribution < 1.29 is 4.39 Å². The van der Waals surface area contributed by atoms with E-state index in [2.05, 4.69) is 11.6 Å². The predicted octanol–water partition coefficient (Wildman–Crippen LogP) is 3.98. The fourth-order valence-corrected chi connectivity index (χ4v) is 3.63. The highest BCUT2D eigenvalue weighted by Gasteiger charge is 2.30. The van der Waals surface area contributed by atoms with Gasteiger partial charge in [0.05, 0.1) is 0 Å². The zero-order valence-electron chi connectivity index (χ0n) is 11.0. The Labute approximate surface area is 114 Å². The molecule has 1 saturated carbocycles. The number of thioether (sulfide) groups is 1. The van der Waals surface area contributed by atoms with Crippen LogP contribution in [0.25, 0.3) is 0 Å². The summed E-state index contributed by atoms with van der Waals surface area (Å²) in [5.74, 6) is -0.161. The monoisotopic (exact) mass is 267 g/mol. The van der Waals surface area contributed by atoms with Crippen molar-refractivity contribution in [2.24, 2.45) is 0 Å². The van der Waals surface area contributed by atoms with Gasteiger partial charge in [0, 0.05) is 17.8 Å². The van der Waals surface area contributed by atoms with Gasteiger partial charge in [0.2, 0.25) is 0 Å². The molecule has 1 fully saturated rings. The number of hydrogen-bond acceptors (Lipinski definition) is 2. The molecule has 0 bridgehead atoms. The summed E-state index contributed by atoms with van der Waals surface area (Å²) in [6.07, 6.45) is 8.98. The summed E-state index contributed by atoms with van der Waals surface area (Å²) < 4.78 is 13.2. The van der Waals surface area contributed by atoms with Crippen LogP contribution in [-0.2, 0) is 6.54 Å². The van der Waals surface area contributed by atoms with E-state index >= 15 is 0 Å². The van der Waals surface area contributed by atoms with Crippen molar-refractivity contribution in [3.63, 3.8) is 0 Å². The molecule has 1 N–H and O–H groups in total. The molecule has 0 atom stereocenters. The van der Waals surface area contributed by atoms with E-state index in [1.807, 2.05) is 23.9 Å². The summed E-state index contributed by atoms with van der Waals surface area (Å²) in [5, 5.41) is 3.54. The summed E-state index contributed by atoms with van der Waals surface area (Å²) in [7, 11) is 0. The van der Waals surface area contributed by atoms with Gasteiger partial charge in [0.1, 0.15) is 5.82 Å². The molecule has 100 valence electrons. The van der Waals surface area contributed by atoms with Crippen LogP contribution >= 0.6 is 11.8 Å². The minimum absolute atomic E-state index is 0.161. The highest BCUT2D eigenvalue weighted by atomic mass is 32.2. The third kappa shape index (κ3) is 3.72. The van der Waals surface area contributed by atoms with Gasteiger partial charge in [-0.05, 0) is 36.8 Å². The van der Waals surface area contributed by atoms with Crippen LogP contribution in [0.4, 0.5) is 4.39 Å². The lowest BCUT2D eigenvalue weighted by Gasteiger charge is -2.36. The van der Waals surface area contributed by atoms with E-state index in [-0.39, 0.29) is 5.82 Å². The first-order valence-electron chi connectivity index (χ1n) is 6.74. The average Bonchev–Trinajstić information content (AvgIpc) is 2.42. The average molecular weight is 267 g/mol.